The fourth-order valence-corrected chi connectivity index (χ4v) is 3.48. The van der Waals surface area contributed by atoms with E-state index in [-0.39, 0.29) is 11.4 Å². The average Bonchev–Trinajstić information content (AvgIpc) is 2.38. The quantitative estimate of drug-likeness (QED) is 0.743. The van der Waals surface area contributed by atoms with Gasteiger partial charge in [0.25, 0.3) is 10.0 Å². The largest absolute Gasteiger partial charge is 0.326 e. The summed E-state index contributed by atoms with van der Waals surface area (Å²) in [5, 5.41) is 0.459. The normalized spacial score (nSPS) is 11.3. The van der Waals surface area contributed by atoms with Crippen molar-refractivity contribution in [1.29, 1.82) is 0 Å². The van der Waals surface area contributed by atoms with Gasteiger partial charge in [-0.25, -0.2) is 8.42 Å². The van der Waals surface area contributed by atoms with Gasteiger partial charge in [-0.15, -0.1) is 0 Å². The van der Waals surface area contributed by atoms with E-state index in [2.05, 4.69) is 27.3 Å². The van der Waals surface area contributed by atoms with Gasteiger partial charge in [0.15, 0.2) is 0 Å². The van der Waals surface area contributed by atoms with Crippen LogP contribution in [0.3, 0.4) is 0 Å². The second-order valence-corrected chi connectivity index (χ2v) is 7.41. The molecule has 0 aliphatic rings. The number of sulfonamides is 1. The molecule has 0 saturated carbocycles. The predicted octanol–water partition coefficient (Wildman–Crippen LogP) is 3.20. The van der Waals surface area contributed by atoms with Gasteiger partial charge in [-0.2, -0.15) is 0 Å². The second kappa shape index (κ2) is 6.30. The van der Waals surface area contributed by atoms with E-state index in [1.54, 1.807) is 18.2 Å². The Morgan fingerprint density at radius 3 is 2.60 bits per heavy atom. The first-order chi connectivity index (χ1) is 9.42. The third-order valence-electron chi connectivity index (χ3n) is 2.62. The maximum atomic E-state index is 12.3. The number of benzene rings is 2. The summed E-state index contributed by atoms with van der Waals surface area (Å²) in [6.45, 7) is 0.186. The number of nitrogens with one attached hydrogen (secondary N) is 1. The summed E-state index contributed by atoms with van der Waals surface area (Å²) in [5.74, 6) is 0. The molecule has 106 valence electrons. The average molecular weight is 423 g/mol. The summed E-state index contributed by atoms with van der Waals surface area (Å²) in [7, 11) is -3.65. The minimum Gasteiger partial charge on any atom is -0.326 e. The molecule has 2 aromatic carbocycles. The van der Waals surface area contributed by atoms with Gasteiger partial charge in [0.1, 0.15) is 0 Å². The van der Waals surface area contributed by atoms with E-state index < -0.39 is 10.0 Å². The molecule has 0 saturated heterocycles. The first kappa shape index (κ1) is 15.6. The van der Waals surface area contributed by atoms with Crippen LogP contribution < -0.4 is 10.5 Å². The van der Waals surface area contributed by atoms with Crippen LogP contribution in [0.15, 0.2) is 47.4 Å². The van der Waals surface area contributed by atoms with Crippen LogP contribution in [0.2, 0.25) is 5.02 Å². The van der Waals surface area contributed by atoms with Crippen molar-refractivity contribution in [1.82, 2.24) is 0 Å². The monoisotopic (exact) mass is 422 g/mol. The van der Waals surface area contributed by atoms with Crippen molar-refractivity contribution in [2.45, 2.75) is 11.4 Å². The van der Waals surface area contributed by atoms with Gasteiger partial charge in [0, 0.05) is 20.8 Å². The van der Waals surface area contributed by atoms with Gasteiger partial charge in [-0.3, -0.25) is 4.72 Å². The minimum absolute atomic E-state index is 0.140. The molecule has 3 N–H and O–H groups in total. The molecule has 20 heavy (non-hydrogen) atoms. The summed E-state index contributed by atoms with van der Waals surface area (Å²) in [6.07, 6.45) is 0. The second-order valence-electron chi connectivity index (χ2n) is 4.07. The number of anilines is 1. The van der Waals surface area contributed by atoms with Crippen molar-refractivity contribution in [3.63, 3.8) is 0 Å². The Morgan fingerprint density at radius 1 is 1.20 bits per heavy atom. The number of hydrogen-bond acceptors (Lipinski definition) is 3. The van der Waals surface area contributed by atoms with Crippen LogP contribution in [-0.2, 0) is 16.6 Å². The SMILES string of the molecule is NCc1cc(S(=O)(=O)Nc2cccc(I)c2)ccc1Cl. The molecule has 0 atom stereocenters. The molecule has 0 amide bonds. The van der Waals surface area contributed by atoms with Crippen molar-refractivity contribution >= 4 is 49.9 Å². The highest BCUT2D eigenvalue weighted by atomic mass is 127. The summed E-state index contributed by atoms with van der Waals surface area (Å²) >= 11 is 8.05. The van der Waals surface area contributed by atoms with Gasteiger partial charge in [-0.05, 0) is 64.6 Å². The van der Waals surface area contributed by atoms with Gasteiger partial charge in [0.2, 0.25) is 0 Å². The van der Waals surface area contributed by atoms with Gasteiger partial charge in [0.05, 0.1) is 4.90 Å². The van der Waals surface area contributed by atoms with Crippen molar-refractivity contribution in [3.8, 4) is 0 Å². The first-order valence-corrected chi connectivity index (χ1v) is 8.63. The molecule has 0 spiro atoms. The zero-order chi connectivity index (χ0) is 14.8. The highest BCUT2D eigenvalue weighted by Crippen LogP contribution is 2.22. The number of hydrogen-bond donors (Lipinski definition) is 2. The Hall–Kier alpha value is -0.830. The van der Waals surface area contributed by atoms with Crippen molar-refractivity contribution in [2.24, 2.45) is 5.73 Å². The maximum absolute atomic E-state index is 12.3. The molecule has 2 aromatic rings. The van der Waals surface area contributed by atoms with E-state index >= 15 is 0 Å². The van der Waals surface area contributed by atoms with E-state index in [1.165, 1.54) is 18.2 Å². The van der Waals surface area contributed by atoms with Crippen LogP contribution in [0.4, 0.5) is 5.69 Å². The molecule has 0 heterocycles. The van der Waals surface area contributed by atoms with Gasteiger partial charge in [-0.1, -0.05) is 17.7 Å². The molecule has 7 heteroatoms. The molecule has 0 fully saturated rings. The highest BCUT2D eigenvalue weighted by molar-refractivity contribution is 14.1. The van der Waals surface area contributed by atoms with E-state index in [1.807, 2.05) is 6.07 Å². The molecular formula is C13H12ClIN2O2S. The van der Waals surface area contributed by atoms with Gasteiger partial charge >= 0.3 is 0 Å². The zero-order valence-corrected chi connectivity index (χ0v) is 14.0. The third-order valence-corrected chi connectivity index (χ3v) is 5.04. The van der Waals surface area contributed by atoms with E-state index in [0.29, 0.717) is 16.3 Å². The van der Waals surface area contributed by atoms with Crippen LogP contribution in [0.5, 0.6) is 0 Å². The van der Waals surface area contributed by atoms with Crippen LogP contribution in [0.1, 0.15) is 5.56 Å². The lowest BCUT2D eigenvalue weighted by atomic mass is 10.2. The van der Waals surface area contributed by atoms with Crippen molar-refractivity contribution in [3.05, 3.63) is 56.6 Å². The Labute approximate surface area is 136 Å². The van der Waals surface area contributed by atoms with E-state index in [9.17, 15) is 8.42 Å². The molecule has 4 nitrogen and oxygen atoms in total. The van der Waals surface area contributed by atoms with Crippen LogP contribution in [-0.4, -0.2) is 8.42 Å². The summed E-state index contributed by atoms with van der Waals surface area (Å²) in [4.78, 5) is 0.140. The molecular weight excluding hydrogens is 411 g/mol. The zero-order valence-electron chi connectivity index (χ0n) is 10.3. The lowest BCUT2D eigenvalue weighted by Crippen LogP contribution is -2.13. The topological polar surface area (TPSA) is 72.2 Å². The van der Waals surface area contributed by atoms with Crippen molar-refractivity contribution in [2.75, 3.05) is 4.72 Å². The molecule has 0 bridgehead atoms. The summed E-state index contributed by atoms with van der Waals surface area (Å²) in [6, 6.07) is 11.6. The Bertz CT molecular complexity index is 735. The fourth-order valence-electron chi connectivity index (χ4n) is 1.64. The summed E-state index contributed by atoms with van der Waals surface area (Å²) in [5.41, 5.74) is 6.64. The lowest BCUT2D eigenvalue weighted by Gasteiger charge is -2.10. The van der Waals surface area contributed by atoms with E-state index in [0.717, 1.165) is 3.57 Å². The molecule has 0 aliphatic carbocycles. The first-order valence-electron chi connectivity index (χ1n) is 5.69. The van der Waals surface area contributed by atoms with E-state index in [4.69, 9.17) is 17.3 Å². The fraction of sp³-hybridized carbons (Fsp3) is 0.0769. The lowest BCUT2D eigenvalue weighted by molar-refractivity contribution is 0.601. The van der Waals surface area contributed by atoms with Crippen LogP contribution >= 0.6 is 34.2 Å². The molecule has 0 aliphatic heterocycles. The Kier molecular flexibility index (Phi) is 4.90. The number of rotatable bonds is 4. The molecule has 0 unspecified atom stereocenters. The standard InChI is InChI=1S/C13H12ClIN2O2S/c14-13-5-4-12(6-9(13)8-16)20(18,19)17-11-3-1-2-10(15)7-11/h1-7,17H,8,16H2. The van der Waals surface area contributed by atoms with Crippen LogP contribution in [0, 0.1) is 3.57 Å². The van der Waals surface area contributed by atoms with Gasteiger partial charge < -0.3 is 5.73 Å². The van der Waals surface area contributed by atoms with Crippen LogP contribution in [0.25, 0.3) is 0 Å². The highest BCUT2D eigenvalue weighted by Gasteiger charge is 2.15. The molecule has 2 rings (SSSR count). The Morgan fingerprint density at radius 2 is 1.95 bits per heavy atom. The van der Waals surface area contributed by atoms with Crippen molar-refractivity contribution < 1.29 is 8.42 Å². The summed E-state index contributed by atoms with van der Waals surface area (Å²) < 4.78 is 28.1. The third kappa shape index (κ3) is 3.63. The smallest absolute Gasteiger partial charge is 0.261 e. The Balaban J connectivity index is 2.35. The molecule has 0 aromatic heterocycles. The maximum Gasteiger partial charge on any atom is 0.261 e. The predicted molar refractivity (Wildman–Crippen MR) is 89.3 cm³/mol. The molecule has 0 radical (unpaired) electrons. The number of halogens is 2. The number of nitrogens with two attached hydrogens (primary N) is 1. The minimum atomic E-state index is -3.65.